The van der Waals surface area contributed by atoms with E-state index < -0.39 is 0 Å². The van der Waals surface area contributed by atoms with Crippen LogP contribution >= 0.6 is 35.3 Å². The highest BCUT2D eigenvalue weighted by Crippen LogP contribution is 2.19. The lowest BCUT2D eigenvalue weighted by Crippen LogP contribution is -2.38. The minimum absolute atomic E-state index is 0. The molecule has 2 aromatic heterocycles. The number of benzene rings is 1. The van der Waals surface area contributed by atoms with E-state index in [0.717, 1.165) is 24.6 Å². The van der Waals surface area contributed by atoms with Crippen LogP contribution in [-0.2, 0) is 13.1 Å². The molecule has 7 heteroatoms. The van der Waals surface area contributed by atoms with Gasteiger partial charge < -0.3 is 10.6 Å². The van der Waals surface area contributed by atoms with E-state index in [0.29, 0.717) is 12.5 Å². The molecule has 2 heterocycles. The number of hydrogen-bond acceptors (Lipinski definition) is 3. The zero-order valence-electron chi connectivity index (χ0n) is 15.6. The second kappa shape index (κ2) is 11.1. The fraction of sp³-hybridized carbons (Fsp3) is 0.300. The predicted molar refractivity (Wildman–Crippen MR) is 124 cm³/mol. The molecule has 27 heavy (non-hydrogen) atoms. The highest BCUT2D eigenvalue weighted by molar-refractivity contribution is 14.0. The van der Waals surface area contributed by atoms with Gasteiger partial charge in [-0.2, -0.15) is 5.10 Å². The molecule has 0 radical (unpaired) electrons. The third-order valence-electron chi connectivity index (χ3n) is 4.16. The summed E-state index contributed by atoms with van der Waals surface area (Å²) in [4.78, 5) is 5.69. The van der Waals surface area contributed by atoms with Crippen molar-refractivity contribution in [2.75, 3.05) is 13.6 Å². The number of halogens is 1. The topological polar surface area (TPSA) is 54.2 Å². The number of aromatic nitrogens is 2. The van der Waals surface area contributed by atoms with Crippen LogP contribution in [0.25, 0.3) is 0 Å². The highest BCUT2D eigenvalue weighted by Gasteiger charge is 2.08. The van der Waals surface area contributed by atoms with Crippen LogP contribution in [0, 0.1) is 0 Å². The first-order valence-electron chi connectivity index (χ1n) is 8.78. The third kappa shape index (κ3) is 6.66. The quantitative estimate of drug-likeness (QED) is 0.295. The van der Waals surface area contributed by atoms with Gasteiger partial charge >= 0.3 is 0 Å². The van der Waals surface area contributed by atoms with Crippen LogP contribution in [0.3, 0.4) is 0 Å². The molecule has 0 aliphatic carbocycles. The van der Waals surface area contributed by atoms with Gasteiger partial charge in [0.2, 0.25) is 0 Å². The molecule has 0 aliphatic heterocycles. The number of rotatable bonds is 7. The Morgan fingerprint density at radius 3 is 2.67 bits per heavy atom. The van der Waals surface area contributed by atoms with Gasteiger partial charge in [-0.3, -0.25) is 9.67 Å². The molecule has 5 nitrogen and oxygen atoms in total. The summed E-state index contributed by atoms with van der Waals surface area (Å²) >= 11 is 1.79. The number of nitrogens with one attached hydrogen (secondary N) is 2. The zero-order valence-corrected chi connectivity index (χ0v) is 18.8. The summed E-state index contributed by atoms with van der Waals surface area (Å²) in [5.41, 5.74) is 2.38. The fourth-order valence-electron chi connectivity index (χ4n) is 2.68. The molecule has 1 aromatic carbocycles. The second-order valence-electron chi connectivity index (χ2n) is 6.25. The molecule has 0 fully saturated rings. The fourth-order valence-corrected chi connectivity index (χ4v) is 3.47. The summed E-state index contributed by atoms with van der Waals surface area (Å²) in [6.45, 7) is 4.56. The Labute approximate surface area is 181 Å². The zero-order chi connectivity index (χ0) is 18.2. The van der Waals surface area contributed by atoms with Crippen molar-refractivity contribution in [1.82, 2.24) is 20.4 Å². The monoisotopic (exact) mass is 495 g/mol. The van der Waals surface area contributed by atoms with E-state index in [1.54, 1.807) is 18.4 Å². The summed E-state index contributed by atoms with van der Waals surface area (Å²) < 4.78 is 1.96. The lowest BCUT2D eigenvalue weighted by Gasteiger charge is -2.14. The Balaban J connectivity index is 0.00000261. The molecule has 0 bridgehead atoms. The number of aliphatic imine (C=N–C) groups is 1. The van der Waals surface area contributed by atoms with Crippen LogP contribution in [0.5, 0.6) is 0 Å². The van der Waals surface area contributed by atoms with E-state index in [2.05, 4.69) is 63.5 Å². The second-order valence-corrected chi connectivity index (χ2v) is 7.23. The molecule has 0 saturated carbocycles. The first kappa shape index (κ1) is 21.4. The summed E-state index contributed by atoms with van der Waals surface area (Å²) in [5.74, 6) is 1.27. The van der Waals surface area contributed by atoms with Crippen LogP contribution in [0.15, 0.2) is 65.2 Å². The molecule has 3 aromatic rings. The Kier molecular flexibility index (Phi) is 8.80. The lowest BCUT2D eigenvalue weighted by atomic mass is 10.1. The van der Waals surface area contributed by atoms with Gasteiger partial charge in [-0.15, -0.1) is 35.3 Å². The smallest absolute Gasteiger partial charge is 0.191 e. The van der Waals surface area contributed by atoms with Gasteiger partial charge in [-0.25, -0.2) is 0 Å². The van der Waals surface area contributed by atoms with Crippen LogP contribution < -0.4 is 10.6 Å². The van der Waals surface area contributed by atoms with Gasteiger partial charge in [-0.05, 0) is 17.0 Å². The van der Waals surface area contributed by atoms with Crippen LogP contribution in [0.1, 0.15) is 28.8 Å². The van der Waals surface area contributed by atoms with E-state index in [1.807, 2.05) is 29.1 Å². The van der Waals surface area contributed by atoms with Crippen molar-refractivity contribution in [2.24, 2.45) is 4.99 Å². The number of guanidine groups is 1. The van der Waals surface area contributed by atoms with E-state index in [-0.39, 0.29) is 24.0 Å². The number of nitrogens with zero attached hydrogens (tertiary/aromatic N) is 3. The van der Waals surface area contributed by atoms with Crippen LogP contribution in [-0.4, -0.2) is 29.3 Å². The van der Waals surface area contributed by atoms with Crippen molar-refractivity contribution in [3.63, 3.8) is 0 Å². The van der Waals surface area contributed by atoms with Gasteiger partial charge in [0.1, 0.15) is 0 Å². The van der Waals surface area contributed by atoms with Gasteiger partial charge in [0.15, 0.2) is 5.96 Å². The molecule has 0 aliphatic rings. The average Bonchev–Trinajstić information content (AvgIpc) is 3.35. The molecule has 0 amide bonds. The standard InChI is InChI=1S/C20H25N5S.HI/c1-16(19-9-6-10-26-19)11-22-20(21-2)23-12-18-13-24-25(15-18)14-17-7-4-3-5-8-17;/h3-10,13,15-16H,11-12,14H2,1-2H3,(H2,21,22,23);1H. The minimum Gasteiger partial charge on any atom is -0.356 e. The normalized spacial score (nSPS) is 12.3. The molecular weight excluding hydrogens is 469 g/mol. The largest absolute Gasteiger partial charge is 0.356 e. The Morgan fingerprint density at radius 2 is 1.96 bits per heavy atom. The van der Waals surface area contributed by atoms with E-state index >= 15 is 0 Å². The average molecular weight is 495 g/mol. The van der Waals surface area contributed by atoms with Crippen molar-refractivity contribution in [3.8, 4) is 0 Å². The maximum Gasteiger partial charge on any atom is 0.191 e. The van der Waals surface area contributed by atoms with E-state index in [9.17, 15) is 0 Å². The van der Waals surface area contributed by atoms with Crippen molar-refractivity contribution in [2.45, 2.75) is 25.9 Å². The SMILES string of the molecule is CN=C(NCc1cnn(Cc2ccccc2)c1)NCC(C)c1cccs1.I. The molecule has 1 atom stereocenters. The van der Waals surface area contributed by atoms with Crippen LogP contribution in [0.2, 0.25) is 0 Å². The molecule has 144 valence electrons. The van der Waals surface area contributed by atoms with Crippen molar-refractivity contribution in [3.05, 3.63) is 76.2 Å². The summed E-state index contributed by atoms with van der Waals surface area (Å²) in [5, 5.41) is 13.3. The van der Waals surface area contributed by atoms with E-state index in [1.165, 1.54) is 10.4 Å². The van der Waals surface area contributed by atoms with Crippen molar-refractivity contribution < 1.29 is 0 Å². The van der Waals surface area contributed by atoms with Crippen molar-refractivity contribution >= 4 is 41.3 Å². The maximum atomic E-state index is 4.44. The molecule has 0 saturated heterocycles. The molecule has 3 rings (SSSR count). The Hall–Kier alpha value is -1.87. The van der Waals surface area contributed by atoms with Gasteiger partial charge in [0, 0.05) is 42.7 Å². The first-order chi connectivity index (χ1) is 12.7. The lowest BCUT2D eigenvalue weighted by molar-refractivity contribution is 0.685. The molecule has 1 unspecified atom stereocenters. The van der Waals surface area contributed by atoms with Gasteiger partial charge in [0.25, 0.3) is 0 Å². The Morgan fingerprint density at radius 1 is 1.15 bits per heavy atom. The number of hydrogen-bond donors (Lipinski definition) is 2. The first-order valence-corrected chi connectivity index (χ1v) is 9.65. The van der Waals surface area contributed by atoms with Crippen LogP contribution in [0.4, 0.5) is 0 Å². The number of thiophene rings is 1. The minimum atomic E-state index is 0. The highest BCUT2D eigenvalue weighted by atomic mass is 127. The van der Waals surface area contributed by atoms with Gasteiger partial charge in [-0.1, -0.05) is 43.3 Å². The summed E-state index contributed by atoms with van der Waals surface area (Å²) in [6, 6.07) is 14.6. The Bertz CT molecular complexity index is 814. The summed E-state index contributed by atoms with van der Waals surface area (Å²) in [6.07, 6.45) is 3.97. The van der Waals surface area contributed by atoms with Crippen molar-refractivity contribution in [1.29, 1.82) is 0 Å². The van der Waals surface area contributed by atoms with E-state index in [4.69, 9.17) is 0 Å². The predicted octanol–water partition coefficient (Wildman–Crippen LogP) is 4.08. The van der Waals surface area contributed by atoms with Gasteiger partial charge in [0.05, 0.1) is 12.7 Å². The molecule has 0 spiro atoms. The summed E-state index contributed by atoms with van der Waals surface area (Å²) in [7, 11) is 1.80. The third-order valence-corrected chi connectivity index (χ3v) is 5.27. The molecule has 2 N–H and O–H groups in total. The maximum absolute atomic E-state index is 4.44. The molecular formula is C20H26IN5S.